The summed E-state index contributed by atoms with van der Waals surface area (Å²) in [5, 5.41) is 7.35. The average Bonchev–Trinajstić information content (AvgIpc) is 3.03. The summed E-state index contributed by atoms with van der Waals surface area (Å²) in [5.41, 5.74) is 3.17. The molecule has 0 bridgehead atoms. The number of para-hydroxylation sites is 2. The first-order chi connectivity index (χ1) is 13.6. The smallest absolute Gasteiger partial charge is 0.191 e. The molecule has 0 aliphatic heterocycles. The van der Waals surface area contributed by atoms with Gasteiger partial charge in [-0.2, -0.15) is 0 Å². The zero-order valence-corrected chi connectivity index (χ0v) is 17.3. The minimum atomic E-state index is 0.504. The number of rotatable bonds is 7. The van der Waals surface area contributed by atoms with Crippen LogP contribution in [0.25, 0.3) is 11.0 Å². The molecule has 2 aromatic carbocycles. The number of hydrogen-bond acceptors (Lipinski definition) is 3. The standard InChI is InChI=1S/C21H26ClN5O/c1-4-23-21(24-12-11-15-9-10-16(28-3)13-17(15)22)25-14-20-26-18-7-5-6-8-19(18)27(20)2/h5-10,13H,4,11-12,14H2,1-3H3,(H2,23,24,25). The summed E-state index contributed by atoms with van der Waals surface area (Å²) in [4.78, 5) is 9.35. The van der Waals surface area contributed by atoms with Crippen molar-refractivity contribution >= 4 is 28.6 Å². The second-order valence-electron chi connectivity index (χ2n) is 6.41. The normalized spacial score (nSPS) is 11.6. The van der Waals surface area contributed by atoms with Crippen molar-refractivity contribution in [2.75, 3.05) is 20.2 Å². The lowest BCUT2D eigenvalue weighted by molar-refractivity contribution is 0.414. The molecular weight excluding hydrogens is 374 g/mol. The van der Waals surface area contributed by atoms with Crippen LogP contribution in [0.5, 0.6) is 5.75 Å². The number of hydrogen-bond donors (Lipinski definition) is 2. The third kappa shape index (κ3) is 4.75. The highest BCUT2D eigenvalue weighted by molar-refractivity contribution is 6.31. The molecule has 7 heteroatoms. The molecule has 0 unspecified atom stereocenters. The molecule has 0 saturated carbocycles. The number of aromatic nitrogens is 2. The summed E-state index contributed by atoms with van der Waals surface area (Å²) in [6.07, 6.45) is 0.791. The number of nitrogens with one attached hydrogen (secondary N) is 2. The molecule has 0 aliphatic carbocycles. The van der Waals surface area contributed by atoms with E-state index >= 15 is 0 Å². The van der Waals surface area contributed by atoms with Gasteiger partial charge in [0.25, 0.3) is 0 Å². The van der Waals surface area contributed by atoms with Crippen molar-refractivity contribution in [1.82, 2.24) is 20.2 Å². The van der Waals surface area contributed by atoms with Crippen molar-refractivity contribution in [3.05, 3.63) is 58.9 Å². The Hall–Kier alpha value is -2.73. The highest BCUT2D eigenvalue weighted by Crippen LogP contribution is 2.22. The Kier molecular flexibility index (Phi) is 6.76. The van der Waals surface area contributed by atoms with E-state index in [-0.39, 0.29) is 0 Å². The van der Waals surface area contributed by atoms with Crippen molar-refractivity contribution < 1.29 is 4.74 Å². The fraction of sp³-hybridized carbons (Fsp3) is 0.333. The number of benzene rings is 2. The molecular formula is C21H26ClN5O. The molecule has 0 fully saturated rings. The van der Waals surface area contributed by atoms with Crippen LogP contribution in [0.2, 0.25) is 5.02 Å². The van der Waals surface area contributed by atoms with Gasteiger partial charge in [-0.05, 0) is 43.2 Å². The van der Waals surface area contributed by atoms with Crippen LogP contribution in [0, 0.1) is 0 Å². The first kappa shape index (κ1) is 20.0. The summed E-state index contributed by atoms with van der Waals surface area (Å²) in [6, 6.07) is 13.9. The van der Waals surface area contributed by atoms with Crippen LogP contribution >= 0.6 is 11.6 Å². The molecule has 0 atom stereocenters. The van der Waals surface area contributed by atoms with Gasteiger partial charge < -0.3 is 19.9 Å². The molecule has 3 aromatic rings. The summed E-state index contributed by atoms with van der Waals surface area (Å²) < 4.78 is 7.28. The lowest BCUT2D eigenvalue weighted by Gasteiger charge is -2.12. The molecule has 3 rings (SSSR count). The van der Waals surface area contributed by atoms with Gasteiger partial charge in [0.1, 0.15) is 18.1 Å². The largest absolute Gasteiger partial charge is 0.497 e. The Balaban J connectivity index is 1.63. The molecule has 0 amide bonds. The van der Waals surface area contributed by atoms with E-state index in [0.29, 0.717) is 11.6 Å². The third-order valence-corrected chi connectivity index (χ3v) is 4.90. The number of imidazole rings is 1. The van der Waals surface area contributed by atoms with Crippen LogP contribution in [-0.4, -0.2) is 35.7 Å². The molecule has 2 N–H and O–H groups in total. The molecule has 0 aliphatic rings. The first-order valence-electron chi connectivity index (χ1n) is 9.37. The van der Waals surface area contributed by atoms with Gasteiger partial charge in [-0.1, -0.05) is 29.8 Å². The molecule has 1 heterocycles. The Morgan fingerprint density at radius 3 is 2.75 bits per heavy atom. The number of guanidine groups is 1. The number of halogens is 1. The maximum Gasteiger partial charge on any atom is 0.191 e. The van der Waals surface area contributed by atoms with E-state index in [1.807, 2.05) is 50.4 Å². The molecule has 0 spiro atoms. The number of fused-ring (bicyclic) bond motifs is 1. The fourth-order valence-corrected chi connectivity index (χ4v) is 3.27. The zero-order valence-electron chi connectivity index (χ0n) is 16.5. The number of nitrogens with zero attached hydrogens (tertiary/aromatic N) is 3. The lowest BCUT2D eigenvalue weighted by atomic mass is 10.1. The van der Waals surface area contributed by atoms with Gasteiger partial charge in [-0.15, -0.1) is 0 Å². The van der Waals surface area contributed by atoms with Crippen molar-refractivity contribution in [2.45, 2.75) is 19.9 Å². The number of methoxy groups -OCH3 is 1. The Bertz CT molecular complexity index is 967. The van der Waals surface area contributed by atoms with Gasteiger partial charge in [0, 0.05) is 25.2 Å². The van der Waals surface area contributed by atoms with E-state index in [4.69, 9.17) is 16.3 Å². The second-order valence-corrected chi connectivity index (χ2v) is 6.81. The number of ether oxygens (including phenoxy) is 1. The average molecular weight is 400 g/mol. The Morgan fingerprint density at radius 2 is 2.04 bits per heavy atom. The quantitative estimate of drug-likeness (QED) is 0.471. The van der Waals surface area contributed by atoms with Crippen molar-refractivity contribution in [1.29, 1.82) is 0 Å². The highest BCUT2D eigenvalue weighted by atomic mass is 35.5. The summed E-state index contributed by atoms with van der Waals surface area (Å²) in [5.74, 6) is 2.45. The fourth-order valence-electron chi connectivity index (χ4n) is 3.00. The van der Waals surface area contributed by atoms with Crippen LogP contribution in [0.3, 0.4) is 0 Å². The SMILES string of the molecule is CCNC(=NCc1nc2ccccc2n1C)NCCc1ccc(OC)cc1Cl. The first-order valence-corrected chi connectivity index (χ1v) is 9.75. The molecule has 0 saturated heterocycles. The monoisotopic (exact) mass is 399 g/mol. The Labute approximate surface area is 170 Å². The Morgan fingerprint density at radius 1 is 1.21 bits per heavy atom. The van der Waals surface area contributed by atoms with E-state index in [0.717, 1.165) is 53.6 Å². The molecule has 148 valence electrons. The van der Waals surface area contributed by atoms with Crippen LogP contribution in [0.1, 0.15) is 18.3 Å². The summed E-state index contributed by atoms with van der Waals surface area (Å²) in [6.45, 7) is 4.06. The van der Waals surface area contributed by atoms with Crippen molar-refractivity contribution in [3.63, 3.8) is 0 Å². The third-order valence-electron chi connectivity index (χ3n) is 4.55. The maximum atomic E-state index is 6.32. The van der Waals surface area contributed by atoms with E-state index in [9.17, 15) is 0 Å². The zero-order chi connectivity index (χ0) is 19.9. The number of aryl methyl sites for hydroxylation is 1. The topological polar surface area (TPSA) is 63.5 Å². The summed E-state index contributed by atoms with van der Waals surface area (Å²) >= 11 is 6.32. The van der Waals surface area contributed by atoms with Gasteiger partial charge in [0.15, 0.2) is 5.96 Å². The van der Waals surface area contributed by atoms with Crippen LogP contribution in [0.15, 0.2) is 47.5 Å². The van der Waals surface area contributed by atoms with E-state index in [2.05, 4.69) is 31.2 Å². The summed E-state index contributed by atoms with van der Waals surface area (Å²) in [7, 11) is 3.66. The minimum Gasteiger partial charge on any atom is -0.497 e. The van der Waals surface area contributed by atoms with Crippen molar-refractivity contribution in [3.8, 4) is 5.75 Å². The predicted molar refractivity (Wildman–Crippen MR) is 115 cm³/mol. The maximum absolute atomic E-state index is 6.32. The minimum absolute atomic E-state index is 0.504. The van der Waals surface area contributed by atoms with Gasteiger partial charge >= 0.3 is 0 Å². The molecule has 28 heavy (non-hydrogen) atoms. The molecule has 0 radical (unpaired) electrons. The van der Waals surface area contributed by atoms with Gasteiger partial charge in [-0.3, -0.25) is 0 Å². The van der Waals surface area contributed by atoms with Crippen LogP contribution < -0.4 is 15.4 Å². The molecule has 1 aromatic heterocycles. The van der Waals surface area contributed by atoms with Gasteiger partial charge in [0.2, 0.25) is 0 Å². The van der Waals surface area contributed by atoms with Crippen LogP contribution in [-0.2, 0) is 20.0 Å². The highest BCUT2D eigenvalue weighted by Gasteiger charge is 2.07. The van der Waals surface area contributed by atoms with Crippen molar-refractivity contribution in [2.24, 2.45) is 12.0 Å². The second kappa shape index (κ2) is 9.46. The molecule has 6 nitrogen and oxygen atoms in total. The lowest BCUT2D eigenvalue weighted by Crippen LogP contribution is -2.38. The van der Waals surface area contributed by atoms with Crippen LogP contribution in [0.4, 0.5) is 0 Å². The van der Waals surface area contributed by atoms with Gasteiger partial charge in [0.05, 0.1) is 18.1 Å². The van der Waals surface area contributed by atoms with E-state index < -0.39 is 0 Å². The predicted octanol–water partition coefficient (Wildman–Crippen LogP) is 3.53. The number of aliphatic imine (C=N–C) groups is 1. The van der Waals surface area contributed by atoms with E-state index in [1.165, 1.54) is 0 Å². The van der Waals surface area contributed by atoms with E-state index in [1.54, 1.807) is 7.11 Å². The van der Waals surface area contributed by atoms with Gasteiger partial charge in [-0.25, -0.2) is 9.98 Å².